The SMILES string of the molecule is O=[N+]([O-])O[Te]1(O[N+](=O)[O-])c2ccccc2-c2ccccc21. The number of fused-ring (bicyclic) bond motifs is 3. The number of nitrogens with zero attached hydrogens (tertiary/aromatic N) is 2. The first-order valence-electron chi connectivity index (χ1n) is 5.74. The average molecular weight is 404 g/mol. The molecule has 1 aliphatic rings. The molecule has 2 aromatic rings. The van der Waals surface area contributed by atoms with Crippen molar-refractivity contribution in [3.8, 4) is 11.1 Å². The van der Waals surface area contributed by atoms with Crippen LogP contribution >= 0.6 is 0 Å². The van der Waals surface area contributed by atoms with E-state index in [1.54, 1.807) is 48.5 Å². The normalized spacial score (nSPS) is 15.4. The standard InChI is InChI=1S/C12H8N2O6Te/c15-13(16)19-21(20-14(17)18)11-7-3-1-5-9(11)10-6-2-4-8-12(10)21/h1-8H. The maximum atomic E-state index is 10.9. The summed E-state index contributed by atoms with van der Waals surface area (Å²) in [6.07, 6.45) is 0. The Labute approximate surface area is 123 Å². The van der Waals surface area contributed by atoms with Crippen molar-refractivity contribution < 1.29 is 16.6 Å². The summed E-state index contributed by atoms with van der Waals surface area (Å²) in [7, 11) is 0. The Bertz CT molecular complexity index is 687. The van der Waals surface area contributed by atoms with Crippen molar-refractivity contribution in [1.82, 2.24) is 0 Å². The van der Waals surface area contributed by atoms with E-state index in [1.165, 1.54) is 0 Å². The van der Waals surface area contributed by atoms with E-state index in [-0.39, 0.29) is 0 Å². The fourth-order valence-electron chi connectivity index (χ4n) is 2.31. The molecular weight excluding hydrogens is 396 g/mol. The van der Waals surface area contributed by atoms with Crippen LogP contribution in [0.3, 0.4) is 0 Å². The van der Waals surface area contributed by atoms with Gasteiger partial charge in [0, 0.05) is 0 Å². The molecule has 1 aliphatic heterocycles. The Kier molecular flexibility index (Phi) is 3.16. The van der Waals surface area contributed by atoms with Gasteiger partial charge in [-0.25, -0.2) is 0 Å². The zero-order valence-corrected chi connectivity index (χ0v) is 12.7. The second kappa shape index (κ2) is 4.87. The summed E-state index contributed by atoms with van der Waals surface area (Å²) in [5.74, 6) is 0. The third-order valence-electron chi connectivity index (χ3n) is 2.97. The first-order chi connectivity index (χ1) is 10.0. The molecule has 0 saturated heterocycles. The van der Waals surface area contributed by atoms with Crippen molar-refractivity contribution in [2.45, 2.75) is 0 Å². The molecule has 0 spiro atoms. The molecule has 21 heavy (non-hydrogen) atoms. The number of hydrogen-bond donors (Lipinski definition) is 0. The topological polar surface area (TPSA) is 105 Å². The quantitative estimate of drug-likeness (QED) is 0.421. The minimum atomic E-state index is -4.66. The molecule has 0 aliphatic carbocycles. The zero-order valence-electron chi connectivity index (χ0n) is 10.4. The summed E-state index contributed by atoms with van der Waals surface area (Å²) in [5, 5.41) is 19.8. The summed E-state index contributed by atoms with van der Waals surface area (Å²) in [6.45, 7) is 0. The van der Waals surface area contributed by atoms with Gasteiger partial charge in [-0.05, 0) is 0 Å². The van der Waals surface area contributed by atoms with Gasteiger partial charge in [-0.3, -0.25) is 0 Å². The monoisotopic (exact) mass is 406 g/mol. The third kappa shape index (κ3) is 2.07. The maximum absolute atomic E-state index is 10.9. The van der Waals surface area contributed by atoms with Gasteiger partial charge >= 0.3 is 123 Å². The van der Waals surface area contributed by atoms with Gasteiger partial charge in [-0.15, -0.1) is 0 Å². The molecule has 0 radical (unpaired) electrons. The van der Waals surface area contributed by atoms with E-state index >= 15 is 0 Å². The molecule has 8 nitrogen and oxygen atoms in total. The van der Waals surface area contributed by atoms with Gasteiger partial charge in [0.2, 0.25) is 0 Å². The van der Waals surface area contributed by atoms with Gasteiger partial charge in [-0.1, -0.05) is 0 Å². The van der Waals surface area contributed by atoms with Crippen molar-refractivity contribution in [3.05, 3.63) is 68.8 Å². The summed E-state index contributed by atoms with van der Waals surface area (Å²) < 4.78 is 10.4. The molecule has 0 aromatic heterocycles. The van der Waals surface area contributed by atoms with Crippen LogP contribution in [0.1, 0.15) is 0 Å². The molecule has 3 rings (SSSR count). The molecule has 9 heteroatoms. The number of benzene rings is 2. The molecule has 0 saturated carbocycles. The van der Waals surface area contributed by atoms with Crippen molar-refractivity contribution in [2.75, 3.05) is 0 Å². The molecule has 0 unspecified atom stereocenters. The second-order valence-corrected chi connectivity index (χ2v) is 10.3. The van der Waals surface area contributed by atoms with E-state index in [0.29, 0.717) is 18.3 Å². The Morgan fingerprint density at radius 3 is 1.52 bits per heavy atom. The Balaban J connectivity index is 2.31. The van der Waals surface area contributed by atoms with Crippen LogP contribution in [0.25, 0.3) is 11.1 Å². The third-order valence-corrected chi connectivity index (χ3v) is 10.2. The summed E-state index contributed by atoms with van der Waals surface area (Å²) in [6, 6.07) is 13.5. The van der Waals surface area contributed by atoms with Gasteiger partial charge < -0.3 is 0 Å². The van der Waals surface area contributed by atoms with Crippen molar-refractivity contribution in [1.29, 1.82) is 0 Å². The average Bonchev–Trinajstić information content (AvgIpc) is 2.70. The molecule has 0 bridgehead atoms. The van der Waals surface area contributed by atoms with E-state index in [1.807, 2.05) is 0 Å². The van der Waals surface area contributed by atoms with Crippen LogP contribution < -0.4 is 7.22 Å². The number of hydrogen-bond acceptors (Lipinski definition) is 6. The first-order valence-corrected chi connectivity index (χ1v) is 9.97. The Hall–Kier alpha value is -2.37. The molecule has 108 valence electrons. The van der Waals surface area contributed by atoms with Crippen LogP contribution in [0, 0.1) is 20.2 Å². The fraction of sp³-hybridized carbons (Fsp3) is 0. The Morgan fingerprint density at radius 2 is 1.14 bits per heavy atom. The molecule has 0 atom stereocenters. The number of rotatable bonds is 4. The predicted octanol–water partition coefficient (Wildman–Crippen LogP) is 0.640. The Morgan fingerprint density at radius 1 is 0.762 bits per heavy atom. The van der Waals surface area contributed by atoms with Crippen molar-refractivity contribution in [2.24, 2.45) is 0 Å². The van der Waals surface area contributed by atoms with Gasteiger partial charge in [0.15, 0.2) is 0 Å². The van der Waals surface area contributed by atoms with Gasteiger partial charge in [0.05, 0.1) is 0 Å². The molecular formula is C12H8N2O6Te. The van der Waals surface area contributed by atoms with Crippen LogP contribution in [0.2, 0.25) is 0 Å². The van der Waals surface area contributed by atoms with Crippen LogP contribution in [-0.2, 0) is 6.40 Å². The summed E-state index contributed by atoms with van der Waals surface area (Å²) in [5.41, 5.74) is 1.36. The minimum absolute atomic E-state index is 0.412. The zero-order chi connectivity index (χ0) is 15.0. The molecule has 0 fully saturated rings. The summed E-state index contributed by atoms with van der Waals surface area (Å²) in [4.78, 5) is 21.8. The van der Waals surface area contributed by atoms with Crippen LogP contribution in [-0.4, -0.2) is 29.2 Å². The van der Waals surface area contributed by atoms with Crippen LogP contribution in [0.5, 0.6) is 0 Å². The van der Waals surface area contributed by atoms with E-state index in [4.69, 9.17) is 6.40 Å². The van der Waals surface area contributed by atoms with E-state index in [9.17, 15) is 20.2 Å². The fourth-order valence-corrected chi connectivity index (χ4v) is 9.10. The summed E-state index contributed by atoms with van der Waals surface area (Å²) >= 11 is -4.66. The molecule has 1 heterocycles. The second-order valence-electron chi connectivity index (χ2n) is 4.09. The van der Waals surface area contributed by atoms with Crippen LogP contribution in [0.15, 0.2) is 48.5 Å². The first kappa shape index (κ1) is 13.6. The molecule has 0 amide bonds. The van der Waals surface area contributed by atoms with Gasteiger partial charge in [0.1, 0.15) is 0 Å². The van der Waals surface area contributed by atoms with Crippen molar-refractivity contribution >= 4 is 26.2 Å². The van der Waals surface area contributed by atoms with Gasteiger partial charge in [0.25, 0.3) is 0 Å². The predicted molar refractivity (Wildman–Crippen MR) is 73.1 cm³/mol. The van der Waals surface area contributed by atoms with E-state index in [0.717, 1.165) is 0 Å². The van der Waals surface area contributed by atoms with E-state index in [2.05, 4.69) is 0 Å². The molecule has 0 N–H and O–H groups in total. The van der Waals surface area contributed by atoms with Crippen molar-refractivity contribution in [3.63, 3.8) is 0 Å². The van der Waals surface area contributed by atoms with Gasteiger partial charge in [-0.2, -0.15) is 0 Å². The van der Waals surface area contributed by atoms with Crippen LogP contribution in [0.4, 0.5) is 0 Å². The molecule has 2 aromatic carbocycles. The van der Waals surface area contributed by atoms with E-state index < -0.39 is 29.2 Å².